The predicted octanol–water partition coefficient (Wildman–Crippen LogP) is 1.69. The SMILES string of the molecule is CC.CNC(=O)c1ccc(CN2CCC(OC)C2)cn1. The Balaban J connectivity index is 0.000000956. The molecule has 1 aromatic heterocycles. The van der Waals surface area contributed by atoms with Crippen LogP contribution in [0, 0.1) is 0 Å². The Hall–Kier alpha value is -1.46. The highest BCUT2D eigenvalue weighted by Gasteiger charge is 2.21. The molecule has 0 bridgehead atoms. The average Bonchev–Trinajstić information content (AvgIpc) is 2.97. The zero-order chi connectivity index (χ0) is 15.0. The third kappa shape index (κ3) is 4.58. The first-order valence-electron chi connectivity index (χ1n) is 7.15. The number of likely N-dealkylation sites (tertiary alicyclic amines) is 1. The number of hydrogen-bond acceptors (Lipinski definition) is 4. The molecule has 2 rings (SSSR count). The second kappa shape index (κ2) is 8.66. The first kappa shape index (κ1) is 16.6. The van der Waals surface area contributed by atoms with Crippen LogP contribution in [-0.2, 0) is 11.3 Å². The summed E-state index contributed by atoms with van der Waals surface area (Å²) < 4.78 is 5.33. The molecular formula is C15H25N3O2. The Morgan fingerprint density at radius 1 is 1.50 bits per heavy atom. The number of amides is 1. The molecule has 5 heteroatoms. The molecule has 5 nitrogen and oxygen atoms in total. The van der Waals surface area contributed by atoms with Gasteiger partial charge in [-0.2, -0.15) is 0 Å². The van der Waals surface area contributed by atoms with E-state index in [9.17, 15) is 4.79 Å². The molecule has 0 spiro atoms. The number of ether oxygens (including phenoxy) is 1. The highest BCUT2D eigenvalue weighted by Crippen LogP contribution is 2.15. The van der Waals surface area contributed by atoms with E-state index in [2.05, 4.69) is 15.2 Å². The van der Waals surface area contributed by atoms with Crippen LogP contribution in [0.3, 0.4) is 0 Å². The van der Waals surface area contributed by atoms with Crippen LogP contribution in [-0.4, -0.2) is 49.1 Å². The lowest BCUT2D eigenvalue weighted by Crippen LogP contribution is -2.23. The van der Waals surface area contributed by atoms with Gasteiger partial charge >= 0.3 is 0 Å². The molecule has 1 aliphatic heterocycles. The van der Waals surface area contributed by atoms with Gasteiger partial charge in [-0.25, -0.2) is 0 Å². The molecular weight excluding hydrogens is 254 g/mol. The smallest absolute Gasteiger partial charge is 0.269 e. The summed E-state index contributed by atoms with van der Waals surface area (Å²) in [7, 11) is 3.36. The van der Waals surface area contributed by atoms with E-state index in [0.717, 1.165) is 31.6 Å². The average molecular weight is 279 g/mol. The van der Waals surface area contributed by atoms with Crippen LogP contribution in [0.2, 0.25) is 0 Å². The summed E-state index contributed by atoms with van der Waals surface area (Å²) in [5.41, 5.74) is 1.58. The number of carbonyl (C=O) groups excluding carboxylic acids is 1. The molecule has 20 heavy (non-hydrogen) atoms. The number of rotatable bonds is 4. The highest BCUT2D eigenvalue weighted by molar-refractivity contribution is 5.91. The Labute approximate surface area is 121 Å². The van der Waals surface area contributed by atoms with Gasteiger partial charge in [-0.05, 0) is 18.1 Å². The minimum absolute atomic E-state index is 0.151. The van der Waals surface area contributed by atoms with Gasteiger partial charge in [0.05, 0.1) is 6.10 Å². The normalized spacial score (nSPS) is 18.3. The number of nitrogens with one attached hydrogen (secondary N) is 1. The van der Waals surface area contributed by atoms with Gasteiger partial charge in [0.15, 0.2) is 0 Å². The second-order valence-electron chi connectivity index (χ2n) is 4.51. The van der Waals surface area contributed by atoms with Crippen molar-refractivity contribution in [2.75, 3.05) is 27.2 Å². The summed E-state index contributed by atoms with van der Waals surface area (Å²) in [6.07, 6.45) is 3.20. The van der Waals surface area contributed by atoms with E-state index in [1.165, 1.54) is 0 Å². The van der Waals surface area contributed by atoms with Crippen molar-refractivity contribution in [3.8, 4) is 0 Å². The zero-order valence-corrected chi connectivity index (χ0v) is 12.8. The molecule has 1 saturated heterocycles. The largest absolute Gasteiger partial charge is 0.380 e. The van der Waals surface area contributed by atoms with Crippen molar-refractivity contribution in [1.82, 2.24) is 15.2 Å². The van der Waals surface area contributed by atoms with E-state index in [1.54, 1.807) is 26.4 Å². The van der Waals surface area contributed by atoms with Crippen LogP contribution < -0.4 is 5.32 Å². The molecule has 1 amide bonds. The minimum atomic E-state index is -0.151. The van der Waals surface area contributed by atoms with Crippen LogP contribution in [0.25, 0.3) is 0 Å². The van der Waals surface area contributed by atoms with Crippen LogP contribution >= 0.6 is 0 Å². The van der Waals surface area contributed by atoms with Crippen molar-refractivity contribution in [2.24, 2.45) is 0 Å². The topological polar surface area (TPSA) is 54.5 Å². The fourth-order valence-corrected chi connectivity index (χ4v) is 2.17. The van der Waals surface area contributed by atoms with Gasteiger partial charge in [0.25, 0.3) is 5.91 Å². The molecule has 2 heterocycles. The molecule has 0 aromatic carbocycles. The van der Waals surface area contributed by atoms with Crippen LogP contribution in [0.15, 0.2) is 18.3 Å². The maximum atomic E-state index is 11.4. The fourth-order valence-electron chi connectivity index (χ4n) is 2.17. The van der Waals surface area contributed by atoms with Gasteiger partial charge in [-0.1, -0.05) is 19.9 Å². The van der Waals surface area contributed by atoms with Crippen molar-refractivity contribution in [3.63, 3.8) is 0 Å². The minimum Gasteiger partial charge on any atom is -0.380 e. The fraction of sp³-hybridized carbons (Fsp3) is 0.600. The molecule has 0 saturated carbocycles. The van der Waals surface area contributed by atoms with Crippen LogP contribution in [0.4, 0.5) is 0 Å². The summed E-state index contributed by atoms with van der Waals surface area (Å²) in [6.45, 7) is 6.88. The molecule has 1 N–H and O–H groups in total. The van der Waals surface area contributed by atoms with Gasteiger partial charge in [0, 0.05) is 40.0 Å². The number of methoxy groups -OCH3 is 1. The molecule has 112 valence electrons. The molecule has 1 aromatic rings. The highest BCUT2D eigenvalue weighted by atomic mass is 16.5. The monoisotopic (exact) mass is 279 g/mol. The molecule has 1 fully saturated rings. The lowest BCUT2D eigenvalue weighted by atomic mass is 10.2. The maximum absolute atomic E-state index is 11.4. The Morgan fingerprint density at radius 2 is 2.25 bits per heavy atom. The molecule has 0 aliphatic carbocycles. The van der Waals surface area contributed by atoms with Crippen molar-refractivity contribution in [3.05, 3.63) is 29.6 Å². The van der Waals surface area contributed by atoms with E-state index in [0.29, 0.717) is 11.8 Å². The lowest BCUT2D eigenvalue weighted by Gasteiger charge is -2.15. The van der Waals surface area contributed by atoms with Gasteiger partial charge in [0.2, 0.25) is 0 Å². The van der Waals surface area contributed by atoms with Crippen molar-refractivity contribution in [2.45, 2.75) is 32.9 Å². The van der Waals surface area contributed by atoms with Gasteiger partial charge in [-0.3, -0.25) is 14.7 Å². The summed E-state index contributed by atoms with van der Waals surface area (Å²) >= 11 is 0. The zero-order valence-electron chi connectivity index (χ0n) is 12.8. The first-order chi connectivity index (χ1) is 9.72. The van der Waals surface area contributed by atoms with Crippen molar-refractivity contribution in [1.29, 1.82) is 0 Å². The van der Waals surface area contributed by atoms with Gasteiger partial charge < -0.3 is 10.1 Å². The quantitative estimate of drug-likeness (QED) is 0.911. The van der Waals surface area contributed by atoms with Crippen molar-refractivity contribution < 1.29 is 9.53 Å². The molecule has 1 unspecified atom stereocenters. The Morgan fingerprint density at radius 3 is 2.75 bits per heavy atom. The van der Waals surface area contributed by atoms with Gasteiger partial charge in [-0.15, -0.1) is 0 Å². The summed E-state index contributed by atoms with van der Waals surface area (Å²) in [5.74, 6) is -0.151. The first-order valence-corrected chi connectivity index (χ1v) is 7.15. The van der Waals surface area contributed by atoms with E-state index in [-0.39, 0.29) is 5.91 Å². The van der Waals surface area contributed by atoms with E-state index in [1.807, 2.05) is 19.9 Å². The summed E-state index contributed by atoms with van der Waals surface area (Å²) in [6, 6.07) is 3.72. The molecule has 1 aliphatic rings. The standard InChI is InChI=1S/C13H19N3O2.C2H6/c1-14-13(17)12-4-3-10(7-15-12)8-16-6-5-11(9-16)18-2;1-2/h3-4,7,11H,5-6,8-9H2,1-2H3,(H,14,17);1-2H3. The number of pyridine rings is 1. The lowest BCUT2D eigenvalue weighted by molar-refractivity contribution is 0.0958. The second-order valence-corrected chi connectivity index (χ2v) is 4.51. The molecule has 0 radical (unpaired) electrons. The van der Waals surface area contributed by atoms with Crippen molar-refractivity contribution >= 4 is 5.91 Å². The van der Waals surface area contributed by atoms with E-state index < -0.39 is 0 Å². The number of aromatic nitrogens is 1. The number of nitrogens with zero attached hydrogens (tertiary/aromatic N) is 2. The maximum Gasteiger partial charge on any atom is 0.269 e. The number of carbonyl (C=O) groups is 1. The third-order valence-electron chi connectivity index (χ3n) is 3.25. The van der Waals surface area contributed by atoms with Crippen LogP contribution in [0.5, 0.6) is 0 Å². The van der Waals surface area contributed by atoms with Crippen LogP contribution in [0.1, 0.15) is 36.3 Å². The molecule has 1 atom stereocenters. The van der Waals surface area contributed by atoms with E-state index in [4.69, 9.17) is 4.74 Å². The number of hydrogen-bond donors (Lipinski definition) is 1. The summed E-state index contributed by atoms with van der Waals surface area (Å²) in [5, 5.41) is 2.56. The Bertz CT molecular complexity index is 406. The Kier molecular flexibility index (Phi) is 7.18. The third-order valence-corrected chi connectivity index (χ3v) is 3.25. The predicted molar refractivity (Wildman–Crippen MR) is 79.7 cm³/mol. The summed E-state index contributed by atoms with van der Waals surface area (Å²) in [4.78, 5) is 17.8. The van der Waals surface area contributed by atoms with Gasteiger partial charge in [0.1, 0.15) is 5.69 Å². The van der Waals surface area contributed by atoms with E-state index >= 15 is 0 Å².